The predicted octanol–water partition coefficient (Wildman–Crippen LogP) is 3.50. The van der Waals surface area contributed by atoms with Crippen LogP contribution in [0.3, 0.4) is 0 Å². The first-order valence-electron chi connectivity index (χ1n) is 6.13. The summed E-state index contributed by atoms with van der Waals surface area (Å²) in [6, 6.07) is 13.4. The number of aromatic amines is 1. The van der Waals surface area contributed by atoms with Crippen molar-refractivity contribution in [3.8, 4) is 10.6 Å². The monoisotopic (exact) mass is 284 g/mol. The Kier molecular flexibility index (Phi) is 3.60. The molecule has 2 heterocycles. The van der Waals surface area contributed by atoms with Crippen molar-refractivity contribution < 1.29 is 9.53 Å². The second-order valence-corrected chi connectivity index (χ2v) is 5.03. The second kappa shape index (κ2) is 5.71. The minimum atomic E-state index is -0.371. The van der Waals surface area contributed by atoms with Gasteiger partial charge in [0.2, 0.25) is 0 Å². The molecule has 0 amide bonds. The van der Waals surface area contributed by atoms with Crippen molar-refractivity contribution in [2.45, 2.75) is 6.61 Å². The van der Waals surface area contributed by atoms with Gasteiger partial charge in [-0.15, -0.1) is 11.3 Å². The van der Waals surface area contributed by atoms with Crippen LogP contribution in [0.4, 0.5) is 0 Å². The molecule has 1 N–H and O–H groups in total. The largest absolute Gasteiger partial charge is 0.454 e. The lowest BCUT2D eigenvalue weighted by Gasteiger charge is -2.00. The highest BCUT2D eigenvalue weighted by atomic mass is 32.1. The van der Waals surface area contributed by atoms with E-state index in [0.717, 1.165) is 16.3 Å². The number of carbonyl (C=O) groups is 1. The van der Waals surface area contributed by atoms with E-state index >= 15 is 0 Å². The van der Waals surface area contributed by atoms with Crippen LogP contribution in [-0.2, 0) is 11.3 Å². The van der Waals surface area contributed by atoms with E-state index in [1.165, 1.54) is 0 Å². The molecular weight excluding hydrogens is 272 g/mol. The summed E-state index contributed by atoms with van der Waals surface area (Å²) >= 11 is 1.54. The lowest BCUT2D eigenvalue weighted by molar-refractivity contribution is 0.0462. The van der Waals surface area contributed by atoms with Crippen LogP contribution in [0.15, 0.2) is 54.0 Å². The molecule has 20 heavy (non-hydrogen) atoms. The van der Waals surface area contributed by atoms with Crippen LogP contribution in [0, 0.1) is 0 Å². The van der Waals surface area contributed by atoms with E-state index in [2.05, 4.69) is 9.97 Å². The Bertz CT molecular complexity index is 690. The first kappa shape index (κ1) is 12.6. The molecule has 1 aromatic carbocycles. The summed E-state index contributed by atoms with van der Waals surface area (Å²) in [5.74, 6) is -0.371. The smallest absolute Gasteiger partial charge is 0.355 e. The third-order valence-corrected chi connectivity index (χ3v) is 3.68. The molecule has 0 bridgehead atoms. The van der Waals surface area contributed by atoms with E-state index in [1.807, 2.05) is 35.7 Å². The van der Waals surface area contributed by atoms with Gasteiger partial charge < -0.3 is 9.72 Å². The molecule has 0 radical (unpaired) electrons. The maximum atomic E-state index is 11.7. The molecule has 3 aromatic rings. The molecule has 3 rings (SSSR count). The molecule has 0 aliphatic rings. The summed E-state index contributed by atoms with van der Waals surface area (Å²) in [5, 5.41) is 2.83. The van der Waals surface area contributed by atoms with Crippen molar-refractivity contribution in [1.82, 2.24) is 9.97 Å². The van der Waals surface area contributed by atoms with Crippen molar-refractivity contribution in [2.75, 3.05) is 0 Å². The minimum absolute atomic E-state index is 0.182. The molecule has 0 aliphatic heterocycles. The van der Waals surface area contributed by atoms with E-state index in [0.29, 0.717) is 5.69 Å². The fourth-order valence-corrected chi connectivity index (χ4v) is 2.57. The van der Waals surface area contributed by atoms with Crippen LogP contribution in [0.5, 0.6) is 0 Å². The molecule has 100 valence electrons. The van der Waals surface area contributed by atoms with E-state index in [1.54, 1.807) is 29.7 Å². The topological polar surface area (TPSA) is 55.0 Å². The van der Waals surface area contributed by atoms with Crippen LogP contribution in [0.1, 0.15) is 16.2 Å². The Morgan fingerprint density at radius 1 is 1.20 bits per heavy atom. The summed E-state index contributed by atoms with van der Waals surface area (Å²) in [6.07, 6.45) is 1.69. The van der Waals surface area contributed by atoms with E-state index in [-0.39, 0.29) is 12.6 Å². The quantitative estimate of drug-likeness (QED) is 0.746. The Morgan fingerprint density at radius 2 is 2.05 bits per heavy atom. The Balaban J connectivity index is 1.65. The molecule has 0 fully saturated rings. The molecule has 0 unspecified atom stereocenters. The Hall–Kier alpha value is -2.40. The standard InChI is InChI=1S/C15H12N2O2S/c18-15(13-7-4-8-16-13)19-9-12-10-20-14(17-12)11-5-2-1-3-6-11/h1-8,10,16H,9H2. The van der Waals surface area contributed by atoms with Gasteiger partial charge in [-0.25, -0.2) is 9.78 Å². The number of nitrogens with zero attached hydrogens (tertiary/aromatic N) is 1. The highest BCUT2D eigenvalue weighted by Crippen LogP contribution is 2.23. The predicted molar refractivity (Wildman–Crippen MR) is 77.5 cm³/mol. The summed E-state index contributed by atoms with van der Waals surface area (Å²) in [6.45, 7) is 0.182. The fourth-order valence-electron chi connectivity index (χ4n) is 1.76. The van der Waals surface area contributed by atoms with Crippen molar-refractivity contribution in [1.29, 1.82) is 0 Å². The normalized spacial score (nSPS) is 10.4. The van der Waals surface area contributed by atoms with Gasteiger partial charge in [-0.05, 0) is 12.1 Å². The van der Waals surface area contributed by atoms with Crippen molar-refractivity contribution in [3.05, 3.63) is 65.4 Å². The first-order valence-corrected chi connectivity index (χ1v) is 7.01. The average Bonchev–Trinajstić information content (AvgIpc) is 3.17. The summed E-state index contributed by atoms with van der Waals surface area (Å²) in [5.41, 5.74) is 2.27. The molecule has 0 saturated carbocycles. The number of esters is 1. The van der Waals surface area contributed by atoms with E-state index in [9.17, 15) is 4.79 Å². The lowest BCUT2D eigenvalue weighted by atomic mass is 10.2. The molecule has 5 heteroatoms. The number of hydrogen-bond acceptors (Lipinski definition) is 4. The maximum Gasteiger partial charge on any atom is 0.355 e. The van der Waals surface area contributed by atoms with Gasteiger partial charge in [0.15, 0.2) is 0 Å². The van der Waals surface area contributed by atoms with E-state index in [4.69, 9.17) is 4.74 Å². The fraction of sp³-hybridized carbons (Fsp3) is 0.0667. The number of H-pyrrole nitrogens is 1. The highest BCUT2D eigenvalue weighted by molar-refractivity contribution is 7.13. The highest BCUT2D eigenvalue weighted by Gasteiger charge is 2.10. The number of thiazole rings is 1. The zero-order valence-corrected chi connectivity index (χ0v) is 11.4. The summed E-state index contributed by atoms with van der Waals surface area (Å²) in [4.78, 5) is 19.0. The van der Waals surface area contributed by atoms with Gasteiger partial charge in [0.05, 0.1) is 5.69 Å². The third-order valence-electron chi connectivity index (χ3n) is 2.74. The number of rotatable bonds is 4. The molecule has 0 saturated heterocycles. The summed E-state index contributed by atoms with van der Waals surface area (Å²) in [7, 11) is 0. The second-order valence-electron chi connectivity index (χ2n) is 4.17. The SMILES string of the molecule is O=C(OCc1csc(-c2ccccc2)n1)c1ccc[nH]1. The maximum absolute atomic E-state index is 11.7. The van der Waals surface area contributed by atoms with Gasteiger partial charge in [-0.2, -0.15) is 0 Å². The minimum Gasteiger partial charge on any atom is -0.454 e. The van der Waals surface area contributed by atoms with Gasteiger partial charge in [0, 0.05) is 17.1 Å². The number of hydrogen-bond donors (Lipinski definition) is 1. The average molecular weight is 284 g/mol. The number of benzene rings is 1. The first-order chi connectivity index (χ1) is 9.83. The molecule has 0 spiro atoms. The number of carbonyl (C=O) groups excluding carboxylic acids is 1. The van der Waals surface area contributed by atoms with E-state index < -0.39 is 0 Å². The Morgan fingerprint density at radius 3 is 2.80 bits per heavy atom. The number of ether oxygens (including phenoxy) is 1. The zero-order chi connectivity index (χ0) is 13.8. The lowest BCUT2D eigenvalue weighted by Crippen LogP contribution is -2.05. The van der Waals surface area contributed by atoms with Crippen LogP contribution in [0.25, 0.3) is 10.6 Å². The van der Waals surface area contributed by atoms with Crippen LogP contribution in [0.2, 0.25) is 0 Å². The summed E-state index contributed by atoms with van der Waals surface area (Å²) < 4.78 is 5.20. The molecule has 0 atom stereocenters. The molecule has 0 aliphatic carbocycles. The van der Waals surface area contributed by atoms with Crippen molar-refractivity contribution in [2.24, 2.45) is 0 Å². The number of aromatic nitrogens is 2. The molecule has 2 aromatic heterocycles. The molecule has 4 nitrogen and oxygen atoms in total. The van der Waals surface area contributed by atoms with Gasteiger partial charge in [-0.3, -0.25) is 0 Å². The zero-order valence-electron chi connectivity index (χ0n) is 10.6. The van der Waals surface area contributed by atoms with Gasteiger partial charge in [-0.1, -0.05) is 30.3 Å². The van der Waals surface area contributed by atoms with Crippen LogP contribution < -0.4 is 0 Å². The van der Waals surface area contributed by atoms with Crippen LogP contribution >= 0.6 is 11.3 Å². The molecular formula is C15H12N2O2S. The van der Waals surface area contributed by atoms with Crippen molar-refractivity contribution in [3.63, 3.8) is 0 Å². The number of nitrogens with one attached hydrogen (secondary N) is 1. The van der Waals surface area contributed by atoms with Crippen molar-refractivity contribution >= 4 is 17.3 Å². The third kappa shape index (κ3) is 2.78. The van der Waals surface area contributed by atoms with Gasteiger partial charge >= 0.3 is 5.97 Å². The van der Waals surface area contributed by atoms with Gasteiger partial charge in [0.1, 0.15) is 17.3 Å². The van der Waals surface area contributed by atoms with Gasteiger partial charge in [0.25, 0.3) is 0 Å². The van der Waals surface area contributed by atoms with Crippen LogP contribution in [-0.4, -0.2) is 15.9 Å². The Labute approximate surface area is 120 Å².